The van der Waals surface area contributed by atoms with Crippen molar-refractivity contribution >= 4 is 0 Å². The van der Waals surface area contributed by atoms with Gasteiger partial charge in [0.1, 0.15) is 0 Å². The lowest BCUT2D eigenvalue weighted by Gasteiger charge is -2.27. The zero-order valence-corrected chi connectivity index (χ0v) is 12.0. The molecule has 0 radical (unpaired) electrons. The molecule has 0 aliphatic heterocycles. The van der Waals surface area contributed by atoms with Gasteiger partial charge in [0.25, 0.3) is 0 Å². The Kier molecular flexibility index (Phi) is 11.0. The number of hydrogen-bond acceptors (Lipinski definition) is 2. The summed E-state index contributed by atoms with van der Waals surface area (Å²) in [7, 11) is 0. The van der Waals surface area contributed by atoms with E-state index in [0.29, 0.717) is 0 Å². The summed E-state index contributed by atoms with van der Waals surface area (Å²) in [5, 5.41) is 9.36. The van der Waals surface area contributed by atoms with Crippen LogP contribution in [-0.2, 0) is 0 Å². The zero-order valence-electron chi connectivity index (χ0n) is 12.0. The van der Waals surface area contributed by atoms with Crippen molar-refractivity contribution in [2.45, 2.75) is 90.0 Å². The first-order valence-corrected chi connectivity index (χ1v) is 7.58. The van der Waals surface area contributed by atoms with Crippen molar-refractivity contribution in [2.75, 3.05) is 6.61 Å². The van der Waals surface area contributed by atoms with Gasteiger partial charge in [0.05, 0.1) is 6.61 Å². The van der Waals surface area contributed by atoms with Crippen LogP contribution in [0.15, 0.2) is 0 Å². The fraction of sp³-hybridized carbons (Fsp3) is 1.00. The molecular formula is C15H33NO. The minimum atomic E-state index is -0.306. The standard InChI is InChI=1S/C15H33NO/c1-3-5-7-8-9-10-11-13-15(16,14-17)12-6-4-2/h17H,3-14,16H2,1-2H3. The van der Waals surface area contributed by atoms with Crippen LogP contribution in [0.4, 0.5) is 0 Å². The summed E-state index contributed by atoms with van der Waals surface area (Å²) >= 11 is 0. The van der Waals surface area contributed by atoms with Crippen molar-refractivity contribution in [3.63, 3.8) is 0 Å². The van der Waals surface area contributed by atoms with Crippen molar-refractivity contribution in [1.82, 2.24) is 0 Å². The predicted molar refractivity (Wildman–Crippen MR) is 76.1 cm³/mol. The number of aliphatic hydroxyl groups is 1. The summed E-state index contributed by atoms with van der Waals surface area (Å²) in [6.45, 7) is 4.56. The topological polar surface area (TPSA) is 46.2 Å². The van der Waals surface area contributed by atoms with E-state index in [1.807, 2.05) is 0 Å². The molecule has 2 nitrogen and oxygen atoms in total. The maximum atomic E-state index is 9.36. The van der Waals surface area contributed by atoms with Crippen molar-refractivity contribution < 1.29 is 5.11 Å². The van der Waals surface area contributed by atoms with E-state index < -0.39 is 0 Å². The number of aliphatic hydroxyl groups excluding tert-OH is 1. The first-order valence-electron chi connectivity index (χ1n) is 7.58. The zero-order chi connectivity index (χ0) is 13.0. The van der Waals surface area contributed by atoms with Crippen molar-refractivity contribution in [2.24, 2.45) is 5.73 Å². The number of hydrogen-bond donors (Lipinski definition) is 2. The third-order valence-electron chi connectivity index (χ3n) is 3.62. The van der Waals surface area contributed by atoms with E-state index in [4.69, 9.17) is 5.73 Å². The molecule has 0 aliphatic rings. The van der Waals surface area contributed by atoms with E-state index in [9.17, 15) is 5.11 Å². The second-order valence-electron chi connectivity index (χ2n) is 5.50. The largest absolute Gasteiger partial charge is 0.394 e. The van der Waals surface area contributed by atoms with Gasteiger partial charge in [-0.3, -0.25) is 0 Å². The lowest BCUT2D eigenvalue weighted by Crippen LogP contribution is -2.43. The number of rotatable bonds is 12. The maximum absolute atomic E-state index is 9.36. The Morgan fingerprint density at radius 3 is 1.76 bits per heavy atom. The molecule has 0 saturated carbocycles. The smallest absolute Gasteiger partial charge is 0.0611 e. The summed E-state index contributed by atoms with van der Waals surface area (Å²) in [6, 6.07) is 0. The number of nitrogens with two attached hydrogens (primary N) is 1. The molecule has 0 rings (SSSR count). The average molecular weight is 243 g/mol. The molecule has 0 aromatic heterocycles. The molecule has 1 atom stereocenters. The minimum Gasteiger partial charge on any atom is -0.394 e. The summed E-state index contributed by atoms with van der Waals surface area (Å²) in [6.07, 6.45) is 13.4. The van der Waals surface area contributed by atoms with Gasteiger partial charge in [-0.15, -0.1) is 0 Å². The van der Waals surface area contributed by atoms with Gasteiger partial charge in [0, 0.05) is 5.54 Å². The van der Waals surface area contributed by atoms with Gasteiger partial charge >= 0.3 is 0 Å². The fourth-order valence-corrected chi connectivity index (χ4v) is 2.25. The quantitative estimate of drug-likeness (QED) is 0.509. The molecule has 2 heteroatoms. The van der Waals surface area contributed by atoms with Gasteiger partial charge in [0.15, 0.2) is 0 Å². The van der Waals surface area contributed by atoms with E-state index in [1.165, 1.54) is 44.9 Å². The molecular weight excluding hydrogens is 210 g/mol. The van der Waals surface area contributed by atoms with E-state index in [0.717, 1.165) is 25.7 Å². The molecule has 0 aliphatic carbocycles. The van der Waals surface area contributed by atoms with Gasteiger partial charge in [-0.05, 0) is 12.8 Å². The highest BCUT2D eigenvalue weighted by Crippen LogP contribution is 2.19. The van der Waals surface area contributed by atoms with Crippen LogP contribution in [0, 0.1) is 0 Å². The molecule has 0 spiro atoms. The van der Waals surface area contributed by atoms with Gasteiger partial charge < -0.3 is 10.8 Å². The van der Waals surface area contributed by atoms with E-state index >= 15 is 0 Å². The van der Waals surface area contributed by atoms with Gasteiger partial charge in [0.2, 0.25) is 0 Å². The fourth-order valence-electron chi connectivity index (χ4n) is 2.25. The summed E-state index contributed by atoms with van der Waals surface area (Å²) < 4.78 is 0. The highest BCUT2D eigenvalue weighted by molar-refractivity contribution is 4.82. The normalized spacial score (nSPS) is 14.8. The molecule has 104 valence electrons. The van der Waals surface area contributed by atoms with Crippen molar-refractivity contribution in [3.05, 3.63) is 0 Å². The molecule has 0 aromatic carbocycles. The third-order valence-corrected chi connectivity index (χ3v) is 3.62. The van der Waals surface area contributed by atoms with Gasteiger partial charge in [-0.2, -0.15) is 0 Å². The summed E-state index contributed by atoms with van der Waals surface area (Å²) in [5.41, 5.74) is 5.89. The van der Waals surface area contributed by atoms with Crippen LogP contribution in [-0.4, -0.2) is 17.3 Å². The highest BCUT2D eigenvalue weighted by Gasteiger charge is 2.22. The Morgan fingerprint density at radius 1 is 0.765 bits per heavy atom. The molecule has 3 N–H and O–H groups in total. The van der Waals surface area contributed by atoms with Crippen LogP contribution >= 0.6 is 0 Å². The van der Waals surface area contributed by atoms with Crippen molar-refractivity contribution in [3.8, 4) is 0 Å². The molecule has 17 heavy (non-hydrogen) atoms. The van der Waals surface area contributed by atoms with Crippen LogP contribution in [0.25, 0.3) is 0 Å². The van der Waals surface area contributed by atoms with Crippen LogP contribution < -0.4 is 5.73 Å². The Morgan fingerprint density at radius 2 is 1.24 bits per heavy atom. The average Bonchev–Trinajstić information content (AvgIpc) is 2.35. The van der Waals surface area contributed by atoms with Crippen LogP contribution in [0.5, 0.6) is 0 Å². The lowest BCUT2D eigenvalue weighted by atomic mass is 9.88. The molecule has 0 saturated heterocycles. The summed E-state index contributed by atoms with van der Waals surface area (Å²) in [5.74, 6) is 0. The number of unbranched alkanes of at least 4 members (excludes halogenated alkanes) is 7. The third kappa shape index (κ3) is 9.61. The van der Waals surface area contributed by atoms with E-state index in [1.54, 1.807) is 0 Å². The van der Waals surface area contributed by atoms with Crippen LogP contribution in [0.1, 0.15) is 84.5 Å². The van der Waals surface area contributed by atoms with Crippen molar-refractivity contribution in [1.29, 1.82) is 0 Å². The molecule has 0 amide bonds. The Hall–Kier alpha value is -0.0800. The SMILES string of the molecule is CCCCCCCCCC(N)(CO)CCCC. The molecule has 0 fully saturated rings. The van der Waals surface area contributed by atoms with Gasteiger partial charge in [-0.1, -0.05) is 71.6 Å². The Labute approximate surface area is 108 Å². The molecule has 1 unspecified atom stereocenters. The Bertz CT molecular complexity index is 161. The maximum Gasteiger partial charge on any atom is 0.0611 e. The van der Waals surface area contributed by atoms with Crippen LogP contribution in [0.2, 0.25) is 0 Å². The predicted octanol–water partition coefficient (Wildman–Crippen LogP) is 4.01. The Balaban J connectivity index is 3.48. The van der Waals surface area contributed by atoms with Gasteiger partial charge in [-0.25, -0.2) is 0 Å². The first kappa shape index (κ1) is 16.9. The monoisotopic (exact) mass is 243 g/mol. The second-order valence-corrected chi connectivity index (χ2v) is 5.50. The lowest BCUT2D eigenvalue weighted by molar-refractivity contribution is 0.172. The second kappa shape index (κ2) is 11.0. The van der Waals surface area contributed by atoms with E-state index in [2.05, 4.69) is 13.8 Å². The molecule has 0 bridgehead atoms. The van der Waals surface area contributed by atoms with Crippen LogP contribution in [0.3, 0.4) is 0 Å². The first-order chi connectivity index (χ1) is 8.18. The van der Waals surface area contributed by atoms with E-state index in [-0.39, 0.29) is 12.1 Å². The minimum absolute atomic E-state index is 0.142. The molecule has 0 heterocycles. The summed E-state index contributed by atoms with van der Waals surface area (Å²) in [4.78, 5) is 0. The highest BCUT2D eigenvalue weighted by atomic mass is 16.3. The molecule has 0 aromatic rings.